The number of fused-ring (bicyclic) bond motifs is 1. The van der Waals surface area contributed by atoms with Crippen molar-refractivity contribution in [1.82, 2.24) is 25.1 Å². The molecule has 0 bridgehead atoms. The molecule has 1 N–H and O–H groups in total. The summed E-state index contributed by atoms with van der Waals surface area (Å²) in [6, 6.07) is 18.4. The van der Waals surface area contributed by atoms with Crippen LogP contribution in [0, 0.1) is 0 Å². The van der Waals surface area contributed by atoms with E-state index < -0.39 is 12.2 Å². The highest BCUT2D eigenvalue weighted by Crippen LogP contribution is 2.37. The Balaban J connectivity index is 1.47. The van der Waals surface area contributed by atoms with Gasteiger partial charge in [-0.15, -0.1) is 0 Å². The average molecular weight is 476 g/mol. The van der Waals surface area contributed by atoms with Crippen LogP contribution in [-0.2, 0) is 16.1 Å². The third-order valence-electron chi connectivity index (χ3n) is 7.40. The van der Waals surface area contributed by atoms with Gasteiger partial charge >= 0.3 is 6.03 Å². The first-order valence-corrected chi connectivity index (χ1v) is 12.5. The maximum atomic E-state index is 13.9. The summed E-state index contributed by atoms with van der Waals surface area (Å²) in [5, 5.41) is 6.32. The van der Waals surface area contributed by atoms with Gasteiger partial charge in [-0.2, -0.15) is 0 Å². The lowest BCUT2D eigenvalue weighted by Gasteiger charge is -2.55. The van der Waals surface area contributed by atoms with Crippen molar-refractivity contribution in [3.63, 3.8) is 0 Å². The highest BCUT2D eigenvalue weighted by molar-refractivity contribution is 5.92. The number of hydrogen-bond acceptors (Lipinski definition) is 4. The van der Waals surface area contributed by atoms with E-state index in [1.165, 1.54) is 6.42 Å². The number of urea groups is 1. The van der Waals surface area contributed by atoms with Gasteiger partial charge in [0.15, 0.2) is 0 Å². The van der Waals surface area contributed by atoms with Crippen molar-refractivity contribution in [3.05, 3.63) is 71.8 Å². The number of piperazine rings is 1. The van der Waals surface area contributed by atoms with Crippen LogP contribution in [0.1, 0.15) is 49.3 Å². The summed E-state index contributed by atoms with van der Waals surface area (Å²) in [4.78, 5) is 44.3. The van der Waals surface area contributed by atoms with Crippen molar-refractivity contribution in [1.29, 1.82) is 0 Å². The van der Waals surface area contributed by atoms with Gasteiger partial charge in [-0.05, 0) is 24.0 Å². The first-order chi connectivity index (χ1) is 17.0. The van der Waals surface area contributed by atoms with Crippen molar-refractivity contribution in [2.45, 2.75) is 56.9 Å². The highest BCUT2D eigenvalue weighted by Gasteiger charge is 2.52. The number of hydrazine groups is 1. The minimum absolute atomic E-state index is 0.0370. The van der Waals surface area contributed by atoms with E-state index in [2.05, 4.69) is 5.32 Å². The molecule has 35 heavy (non-hydrogen) atoms. The van der Waals surface area contributed by atoms with E-state index in [1.807, 2.05) is 65.6 Å². The van der Waals surface area contributed by atoms with Crippen LogP contribution in [-0.4, -0.2) is 70.0 Å². The van der Waals surface area contributed by atoms with E-state index in [-0.39, 0.29) is 30.4 Å². The Morgan fingerprint density at radius 3 is 2.29 bits per heavy atom. The lowest BCUT2D eigenvalue weighted by molar-refractivity contribution is -0.190. The smallest absolute Gasteiger partial charge is 0.334 e. The van der Waals surface area contributed by atoms with Gasteiger partial charge in [-0.1, -0.05) is 79.9 Å². The first kappa shape index (κ1) is 23.4. The fourth-order valence-corrected chi connectivity index (χ4v) is 5.69. The normalized spacial score (nSPS) is 23.9. The molecule has 1 saturated carbocycles. The summed E-state index contributed by atoms with van der Waals surface area (Å²) in [7, 11) is 1.76. The largest absolute Gasteiger partial charge is 0.334 e. The molecule has 8 heteroatoms. The Labute approximate surface area is 206 Å². The number of likely N-dealkylation sites (N-methyl/N-ethyl adjacent to an activating group) is 1. The van der Waals surface area contributed by atoms with Crippen LogP contribution < -0.4 is 5.32 Å². The van der Waals surface area contributed by atoms with E-state index in [0.29, 0.717) is 13.1 Å². The van der Waals surface area contributed by atoms with E-state index in [4.69, 9.17) is 0 Å². The number of hydrogen-bond donors (Lipinski definition) is 1. The minimum atomic E-state index is -0.734. The Bertz CT molecular complexity index is 1060. The van der Waals surface area contributed by atoms with Gasteiger partial charge < -0.3 is 15.1 Å². The summed E-state index contributed by atoms with van der Waals surface area (Å²) in [6.45, 7) is 0.745. The summed E-state index contributed by atoms with van der Waals surface area (Å²) in [6.07, 6.45) is 4.74. The molecule has 0 radical (unpaired) electrons. The van der Waals surface area contributed by atoms with Crippen LogP contribution in [0.2, 0.25) is 0 Å². The molecular weight excluding hydrogens is 442 g/mol. The molecule has 1 unspecified atom stereocenters. The Hall–Kier alpha value is -3.39. The van der Waals surface area contributed by atoms with Crippen molar-refractivity contribution in [2.75, 3.05) is 20.1 Å². The Kier molecular flexibility index (Phi) is 6.72. The first-order valence-electron chi connectivity index (χ1n) is 12.5. The second kappa shape index (κ2) is 10.1. The summed E-state index contributed by atoms with van der Waals surface area (Å²) in [5.74, 6) is -0.183. The standard InChI is InChI=1S/C27H33N5O3/c1-29-19-24(33)31-23(32(29)27(35)28-17-20-11-5-2-6-12-20)18-30(22-15-9-4-10-16-22)26(34)25(31)21-13-7-3-8-14-21/h2-3,5-8,11-14,22-23,25H,4,9-10,15-19H2,1H3,(H,28,35)/t23?,25-/m0/s1. The molecular formula is C27H33N5O3. The van der Waals surface area contributed by atoms with Crippen LogP contribution in [0.25, 0.3) is 0 Å². The fourth-order valence-electron chi connectivity index (χ4n) is 5.69. The van der Waals surface area contributed by atoms with Gasteiger partial charge in [0.05, 0.1) is 13.1 Å². The third-order valence-corrected chi connectivity index (χ3v) is 7.40. The molecule has 4 amide bonds. The molecule has 2 aromatic carbocycles. The molecule has 1 aliphatic carbocycles. The van der Waals surface area contributed by atoms with Gasteiger partial charge in [0.2, 0.25) is 11.8 Å². The van der Waals surface area contributed by atoms with Gasteiger partial charge in [0.1, 0.15) is 12.2 Å². The third kappa shape index (κ3) is 4.62. The van der Waals surface area contributed by atoms with Crippen molar-refractivity contribution in [2.24, 2.45) is 0 Å². The molecule has 0 aromatic heterocycles. The van der Waals surface area contributed by atoms with Crippen molar-refractivity contribution in [3.8, 4) is 0 Å². The monoisotopic (exact) mass is 475 g/mol. The molecule has 3 aliphatic rings. The number of nitrogens with zero attached hydrogens (tertiary/aromatic N) is 4. The maximum absolute atomic E-state index is 13.9. The van der Waals surface area contributed by atoms with E-state index in [9.17, 15) is 14.4 Å². The predicted octanol–water partition coefficient (Wildman–Crippen LogP) is 3.13. The van der Waals surface area contributed by atoms with Crippen molar-refractivity contribution >= 4 is 17.8 Å². The molecule has 2 atom stereocenters. The van der Waals surface area contributed by atoms with E-state index in [0.717, 1.165) is 36.8 Å². The zero-order valence-corrected chi connectivity index (χ0v) is 20.2. The average Bonchev–Trinajstić information content (AvgIpc) is 2.89. The number of rotatable bonds is 4. The number of carbonyl (C=O) groups excluding carboxylic acids is 3. The minimum Gasteiger partial charge on any atom is -0.334 e. The molecule has 2 aliphatic heterocycles. The van der Waals surface area contributed by atoms with E-state index in [1.54, 1.807) is 22.0 Å². The molecule has 3 fully saturated rings. The molecule has 2 aromatic rings. The highest BCUT2D eigenvalue weighted by atomic mass is 16.2. The lowest BCUT2D eigenvalue weighted by atomic mass is 9.91. The van der Waals surface area contributed by atoms with Crippen LogP contribution in [0.5, 0.6) is 0 Å². The zero-order chi connectivity index (χ0) is 24.4. The molecule has 5 rings (SSSR count). The quantitative estimate of drug-likeness (QED) is 0.737. The molecule has 0 spiro atoms. The predicted molar refractivity (Wildman–Crippen MR) is 132 cm³/mol. The van der Waals surface area contributed by atoms with Gasteiger partial charge in [-0.25, -0.2) is 14.8 Å². The summed E-state index contributed by atoms with van der Waals surface area (Å²) in [5.41, 5.74) is 1.78. The zero-order valence-electron chi connectivity index (χ0n) is 20.2. The molecule has 184 valence electrons. The number of carbonyl (C=O) groups is 3. The van der Waals surface area contributed by atoms with Crippen LogP contribution >= 0.6 is 0 Å². The Morgan fingerprint density at radius 2 is 1.60 bits per heavy atom. The second-order valence-corrected chi connectivity index (χ2v) is 9.68. The molecule has 8 nitrogen and oxygen atoms in total. The summed E-state index contributed by atoms with van der Waals surface area (Å²) >= 11 is 0. The van der Waals surface area contributed by atoms with Crippen molar-refractivity contribution < 1.29 is 14.4 Å². The second-order valence-electron chi connectivity index (χ2n) is 9.68. The molecule has 2 heterocycles. The van der Waals surface area contributed by atoms with Crippen LogP contribution in [0.3, 0.4) is 0 Å². The van der Waals surface area contributed by atoms with Crippen LogP contribution in [0.4, 0.5) is 4.79 Å². The van der Waals surface area contributed by atoms with Crippen LogP contribution in [0.15, 0.2) is 60.7 Å². The van der Waals surface area contributed by atoms with Gasteiger partial charge in [-0.3, -0.25) is 9.59 Å². The van der Waals surface area contributed by atoms with Gasteiger partial charge in [0.25, 0.3) is 0 Å². The number of amides is 4. The number of nitrogens with one attached hydrogen (secondary N) is 1. The fraction of sp³-hybridized carbons (Fsp3) is 0.444. The SMILES string of the molecule is CN1CC(=O)N2C(CN(C3CCCCC3)C(=O)[C@@H]2c2ccccc2)N1C(=O)NCc1ccccc1. The molecule has 2 saturated heterocycles. The van der Waals surface area contributed by atoms with E-state index >= 15 is 0 Å². The maximum Gasteiger partial charge on any atom is 0.334 e. The van der Waals surface area contributed by atoms with Gasteiger partial charge in [0, 0.05) is 19.6 Å². The summed E-state index contributed by atoms with van der Waals surface area (Å²) < 4.78 is 0. The topological polar surface area (TPSA) is 76.2 Å². The Morgan fingerprint density at radius 1 is 0.943 bits per heavy atom. The number of benzene rings is 2. The lowest BCUT2D eigenvalue weighted by Crippen LogP contribution is -2.74.